The molecule has 0 saturated heterocycles. The predicted octanol–water partition coefficient (Wildman–Crippen LogP) is 3.48. The molecular weight excluding hydrogens is 427 g/mol. The van der Waals surface area contributed by atoms with Crippen molar-refractivity contribution in [2.75, 3.05) is 11.9 Å². The van der Waals surface area contributed by atoms with E-state index in [1.165, 1.54) is 0 Å². The van der Waals surface area contributed by atoms with Gasteiger partial charge in [-0.2, -0.15) is 0 Å². The zero-order chi connectivity index (χ0) is 21.3. The Balaban J connectivity index is 1.42. The zero-order valence-electron chi connectivity index (χ0n) is 16.4. The summed E-state index contributed by atoms with van der Waals surface area (Å²) in [5.41, 5.74) is 2.70. The average Bonchev–Trinajstić information content (AvgIpc) is 3.13. The molecule has 2 aromatic heterocycles. The number of hydrogen-bond donors (Lipinski definition) is 2. The van der Waals surface area contributed by atoms with E-state index < -0.39 is 0 Å². The number of anilines is 2. The van der Waals surface area contributed by atoms with Gasteiger partial charge in [-0.05, 0) is 36.6 Å². The summed E-state index contributed by atoms with van der Waals surface area (Å²) >= 11 is 12.1. The van der Waals surface area contributed by atoms with E-state index in [0.717, 1.165) is 16.8 Å². The maximum absolute atomic E-state index is 12.8. The minimum Gasteiger partial charge on any atom is -0.331 e. The lowest BCUT2D eigenvalue weighted by molar-refractivity contribution is 0.188. The molecule has 1 atom stereocenters. The number of aryl methyl sites for hydroxylation is 1. The van der Waals surface area contributed by atoms with Crippen molar-refractivity contribution in [1.82, 2.24) is 34.9 Å². The van der Waals surface area contributed by atoms with Gasteiger partial charge in [-0.1, -0.05) is 29.3 Å². The van der Waals surface area contributed by atoms with E-state index in [9.17, 15) is 4.79 Å². The number of hydrogen-bond acceptors (Lipinski definition) is 6. The smallest absolute Gasteiger partial charge is 0.318 e. The summed E-state index contributed by atoms with van der Waals surface area (Å²) in [6, 6.07) is 4.95. The molecule has 156 valence electrons. The Hall–Kier alpha value is -2.91. The number of nitrogens with one attached hydrogen (secondary N) is 2. The van der Waals surface area contributed by atoms with Crippen molar-refractivity contribution in [3.63, 3.8) is 0 Å². The normalized spacial score (nSPS) is 14.2. The predicted molar refractivity (Wildman–Crippen MR) is 114 cm³/mol. The highest BCUT2D eigenvalue weighted by atomic mass is 35.5. The molecule has 9 nitrogen and oxygen atoms in total. The third-order valence-electron chi connectivity index (χ3n) is 4.84. The summed E-state index contributed by atoms with van der Waals surface area (Å²) in [6.07, 6.45) is 4.05. The highest BCUT2D eigenvalue weighted by molar-refractivity contribution is 6.42. The monoisotopic (exact) mass is 446 g/mol. The van der Waals surface area contributed by atoms with Gasteiger partial charge < -0.3 is 10.2 Å². The van der Waals surface area contributed by atoms with Crippen LogP contribution in [0.1, 0.15) is 29.8 Å². The molecule has 0 aliphatic carbocycles. The first-order valence-electron chi connectivity index (χ1n) is 9.37. The summed E-state index contributed by atoms with van der Waals surface area (Å²) in [7, 11) is 1.78. The fraction of sp³-hybridized carbons (Fsp3) is 0.316. The quantitative estimate of drug-likeness (QED) is 0.635. The number of nitrogens with zero attached hydrogens (tertiary/aromatic N) is 6. The summed E-state index contributed by atoms with van der Waals surface area (Å²) in [5.74, 6) is 0.810. The summed E-state index contributed by atoms with van der Waals surface area (Å²) < 4.78 is 1.59. The fourth-order valence-corrected chi connectivity index (χ4v) is 3.48. The van der Waals surface area contributed by atoms with Crippen LogP contribution in [0.25, 0.3) is 0 Å². The highest BCUT2D eigenvalue weighted by Gasteiger charge is 2.24. The highest BCUT2D eigenvalue weighted by Crippen LogP contribution is 2.26. The SMILES string of the molecule is C[C@@H](NC(=O)N1CCc2cnc(Nc3ncn(C)n3)nc2C1)c1ccc(Cl)c(Cl)c1. The number of fused-ring (bicyclic) bond motifs is 1. The van der Waals surface area contributed by atoms with Crippen LogP contribution in [0.2, 0.25) is 10.0 Å². The van der Waals surface area contributed by atoms with Gasteiger partial charge in [0.1, 0.15) is 6.33 Å². The summed E-state index contributed by atoms with van der Waals surface area (Å²) in [4.78, 5) is 27.5. The van der Waals surface area contributed by atoms with Crippen LogP contribution in [0.4, 0.5) is 16.7 Å². The van der Waals surface area contributed by atoms with Gasteiger partial charge in [0.05, 0.1) is 28.3 Å². The number of benzene rings is 1. The molecule has 0 bridgehead atoms. The molecule has 0 saturated carbocycles. The second-order valence-electron chi connectivity index (χ2n) is 7.05. The van der Waals surface area contributed by atoms with E-state index in [1.807, 2.05) is 13.0 Å². The van der Waals surface area contributed by atoms with Crippen molar-refractivity contribution in [2.24, 2.45) is 7.05 Å². The number of rotatable bonds is 4. The number of aromatic nitrogens is 5. The second-order valence-corrected chi connectivity index (χ2v) is 7.86. The third-order valence-corrected chi connectivity index (χ3v) is 5.58. The lowest BCUT2D eigenvalue weighted by Gasteiger charge is -2.29. The molecule has 0 unspecified atom stereocenters. The van der Waals surface area contributed by atoms with Gasteiger partial charge in [-0.15, -0.1) is 5.10 Å². The minimum atomic E-state index is -0.216. The van der Waals surface area contributed by atoms with Crippen molar-refractivity contribution in [3.8, 4) is 0 Å². The van der Waals surface area contributed by atoms with Gasteiger partial charge >= 0.3 is 6.03 Å². The van der Waals surface area contributed by atoms with Crippen LogP contribution in [0, 0.1) is 0 Å². The molecule has 4 rings (SSSR count). The minimum absolute atomic E-state index is 0.168. The third kappa shape index (κ3) is 4.47. The molecular formula is C19H20Cl2N8O. The summed E-state index contributed by atoms with van der Waals surface area (Å²) in [6.45, 7) is 2.88. The Morgan fingerprint density at radius 2 is 2.03 bits per heavy atom. The molecule has 1 aromatic carbocycles. The van der Waals surface area contributed by atoms with Crippen LogP contribution in [-0.4, -0.2) is 42.2 Å². The summed E-state index contributed by atoms with van der Waals surface area (Å²) in [5, 5.41) is 11.1. The van der Waals surface area contributed by atoms with Crippen LogP contribution < -0.4 is 10.6 Å². The van der Waals surface area contributed by atoms with Crippen LogP contribution in [0.3, 0.4) is 0 Å². The van der Waals surface area contributed by atoms with Gasteiger partial charge in [0.2, 0.25) is 11.9 Å². The van der Waals surface area contributed by atoms with Crippen LogP contribution >= 0.6 is 23.2 Å². The molecule has 2 N–H and O–H groups in total. The fourth-order valence-electron chi connectivity index (χ4n) is 3.17. The van der Waals surface area contributed by atoms with Gasteiger partial charge in [0.15, 0.2) is 0 Å². The Bertz CT molecular complexity index is 1090. The van der Waals surface area contributed by atoms with Gasteiger partial charge in [0.25, 0.3) is 0 Å². The lowest BCUT2D eigenvalue weighted by atomic mass is 10.1. The lowest BCUT2D eigenvalue weighted by Crippen LogP contribution is -2.43. The van der Waals surface area contributed by atoms with E-state index in [4.69, 9.17) is 23.2 Å². The van der Waals surface area contributed by atoms with E-state index >= 15 is 0 Å². The first-order chi connectivity index (χ1) is 14.4. The number of halogens is 2. The van der Waals surface area contributed by atoms with Crippen LogP contribution in [-0.2, 0) is 20.0 Å². The maximum Gasteiger partial charge on any atom is 0.318 e. The van der Waals surface area contributed by atoms with Crippen LogP contribution in [0.5, 0.6) is 0 Å². The molecule has 0 spiro atoms. The molecule has 1 aliphatic heterocycles. The number of urea groups is 1. The Morgan fingerprint density at radius 3 is 2.77 bits per heavy atom. The number of carbonyl (C=O) groups is 1. The van der Waals surface area contributed by atoms with Crippen molar-refractivity contribution in [1.29, 1.82) is 0 Å². The first-order valence-corrected chi connectivity index (χ1v) is 10.1. The Labute approximate surface area is 183 Å². The molecule has 2 amide bonds. The molecule has 0 radical (unpaired) electrons. The van der Waals surface area contributed by atoms with Crippen molar-refractivity contribution in [3.05, 3.63) is 57.6 Å². The van der Waals surface area contributed by atoms with Crippen LogP contribution in [0.15, 0.2) is 30.7 Å². The topological polar surface area (TPSA) is 101 Å². The van der Waals surface area contributed by atoms with Gasteiger partial charge in [-0.25, -0.2) is 19.7 Å². The van der Waals surface area contributed by atoms with Crippen molar-refractivity contribution < 1.29 is 4.79 Å². The molecule has 3 aromatic rings. The van der Waals surface area contributed by atoms with Crippen molar-refractivity contribution in [2.45, 2.75) is 25.9 Å². The zero-order valence-corrected chi connectivity index (χ0v) is 17.9. The molecule has 3 heterocycles. The molecule has 1 aliphatic rings. The van der Waals surface area contributed by atoms with Crippen molar-refractivity contribution >= 4 is 41.1 Å². The second kappa shape index (κ2) is 8.45. The Kier molecular flexibility index (Phi) is 5.74. The maximum atomic E-state index is 12.8. The largest absolute Gasteiger partial charge is 0.331 e. The van der Waals surface area contributed by atoms with Gasteiger partial charge in [0, 0.05) is 19.8 Å². The van der Waals surface area contributed by atoms with E-state index in [-0.39, 0.29) is 12.1 Å². The van der Waals surface area contributed by atoms with Gasteiger partial charge in [-0.3, -0.25) is 10.00 Å². The molecule has 30 heavy (non-hydrogen) atoms. The molecule has 11 heteroatoms. The first kappa shape index (κ1) is 20.4. The molecule has 0 fully saturated rings. The van der Waals surface area contributed by atoms with E-state index in [1.54, 1.807) is 41.3 Å². The van der Waals surface area contributed by atoms with E-state index in [0.29, 0.717) is 41.5 Å². The average molecular weight is 447 g/mol. The number of carbonyl (C=O) groups excluding carboxylic acids is 1. The Morgan fingerprint density at radius 1 is 1.20 bits per heavy atom. The standard InChI is InChI=1S/C19H20Cl2N8O/c1-11(12-3-4-14(20)15(21)7-12)24-19(30)29-6-5-13-8-22-17(25-16(13)9-29)26-18-23-10-28(2)27-18/h3-4,7-8,10-11H,5-6,9H2,1-2H3,(H,24,30)(H,22,25,26,27)/t11-/m1/s1. The van der Waals surface area contributed by atoms with E-state index in [2.05, 4.69) is 30.7 Å². The number of amides is 2.